The number of nitrogens with one attached hydrogen (secondary N) is 1. The molecule has 1 fully saturated rings. The summed E-state index contributed by atoms with van der Waals surface area (Å²) in [5, 5.41) is 2.55. The van der Waals surface area contributed by atoms with Crippen LogP contribution in [0.5, 0.6) is 0 Å². The molecule has 0 aliphatic carbocycles. The second kappa shape index (κ2) is 5.40. The molecule has 0 bridgehead atoms. The summed E-state index contributed by atoms with van der Waals surface area (Å²) in [5.41, 5.74) is 0. The molecule has 4 heteroatoms. The standard InChI is InChI=1S/C11H16N2O2/c1-3-5-9(4-2)13-7-6-10(14)12-8-11(13)15/h2,9H,3,5-8H2,1H3,(H,12,14). The van der Waals surface area contributed by atoms with E-state index >= 15 is 0 Å². The van der Waals surface area contributed by atoms with E-state index in [1.165, 1.54) is 0 Å². The third-order valence-corrected chi connectivity index (χ3v) is 2.47. The number of nitrogens with zero attached hydrogens (tertiary/aromatic N) is 1. The van der Waals surface area contributed by atoms with Gasteiger partial charge < -0.3 is 10.2 Å². The van der Waals surface area contributed by atoms with Crippen molar-refractivity contribution in [2.75, 3.05) is 13.1 Å². The molecule has 1 N–H and O–H groups in total. The van der Waals surface area contributed by atoms with Gasteiger partial charge in [0, 0.05) is 13.0 Å². The Morgan fingerprint density at radius 3 is 2.93 bits per heavy atom. The second-order valence-electron chi connectivity index (χ2n) is 3.59. The molecule has 82 valence electrons. The Labute approximate surface area is 90.0 Å². The summed E-state index contributed by atoms with van der Waals surface area (Å²) in [6.45, 7) is 2.52. The number of amides is 2. The fourth-order valence-electron chi connectivity index (χ4n) is 1.64. The molecule has 0 radical (unpaired) electrons. The van der Waals surface area contributed by atoms with Gasteiger partial charge in [-0.1, -0.05) is 19.3 Å². The van der Waals surface area contributed by atoms with Crippen LogP contribution in [-0.4, -0.2) is 35.8 Å². The summed E-state index contributed by atoms with van der Waals surface area (Å²) in [7, 11) is 0. The Bertz CT molecular complexity index is 293. The van der Waals surface area contributed by atoms with E-state index in [4.69, 9.17) is 6.42 Å². The van der Waals surface area contributed by atoms with Crippen molar-refractivity contribution in [3.63, 3.8) is 0 Å². The van der Waals surface area contributed by atoms with Crippen molar-refractivity contribution in [3.05, 3.63) is 0 Å². The van der Waals surface area contributed by atoms with Crippen LogP contribution in [-0.2, 0) is 9.59 Å². The van der Waals surface area contributed by atoms with E-state index in [1.54, 1.807) is 4.90 Å². The van der Waals surface area contributed by atoms with Gasteiger partial charge in [-0.3, -0.25) is 9.59 Å². The molecular formula is C11H16N2O2. The lowest BCUT2D eigenvalue weighted by Gasteiger charge is -2.26. The van der Waals surface area contributed by atoms with Crippen molar-refractivity contribution in [2.45, 2.75) is 32.2 Å². The first-order valence-corrected chi connectivity index (χ1v) is 5.21. The lowest BCUT2D eigenvalue weighted by molar-refractivity contribution is -0.131. The zero-order chi connectivity index (χ0) is 11.3. The van der Waals surface area contributed by atoms with Crippen LogP contribution < -0.4 is 5.32 Å². The Morgan fingerprint density at radius 2 is 2.33 bits per heavy atom. The van der Waals surface area contributed by atoms with E-state index in [1.807, 2.05) is 6.92 Å². The van der Waals surface area contributed by atoms with Crippen LogP contribution in [0.2, 0.25) is 0 Å². The van der Waals surface area contributed by atoms with Crippen LogP contribution in [0.15, 0.2) is 0 Å². The summed E-state index contributed by atoms with van der Waals surface area (Å²) >= 11 is 0. The van der Waals surface area contributed by atoms with Gasteiger partial charge in [0.15, 0.2) is 0 Å². The molecule has 1 atom stereocenters. The van der Waals surface area contributed by atoms with Crippen molar-refractivity contribution in [2.24, 2.45) is 0 Å². The summed E-state index contributed by atoms with van der Waals surface area (Å²) in [4.78, 5) is 24.4. The van der Waals surface area contributed by atoms with Gasteiger partial charge in [-0.25, -0.2) is 0 Å². The predicted molar refractivity (Wildman–Crippen MR) is 56.9 cm³/mol. The Hall–Kier alpha value is -1.50. The van der Waals surface area contributed by atoms with Gasteiger partial charge in [-0.05, 0) is 6.42 Å². The molecule has 1 unspecified atom stereocenters. The summed E-state index contributed by atoms with van der Waals surface area (Å²) < 4.78 is 0. The highest BCUT2D eigenvalue weighted by atomic mass is 16.2. The monoisotopic (exact) mass is 208 g/mol. The van der Waals surface area contributed by atoms with E-state index < -0.39 is 0 Å². The van der Waals surface area contributed by atoms with Gasteiger partial charge >= 0.3 is 0 Å². The van der Waals surface area contributed by atoms with E-state index in [0.29, 0.717) is 13.0 Å². The van der Waals surface area contributed by atoms with Crippen LogP contribution in [0.4, 0.5) is 0 Å². The Kier molecular flexibility index (Phi) is 4.17. The number of terminal acetylenes is 1. The second-order valence-corrected chi connectivity index (χ2v) is 3.59. The summed E-state index contributed by atoms with van der Waals surface area (Å²) in [5.74, 6) is 2.44. The zero-order valence-electron chi connectivity index (χ0n) is 8.95. The highest BCUT2D eigenvalue weighted by molar-refractivity contribution is 5.87. The van der Waals surface area contributed by atoms with Crippen LogP contribution in [0, 0.1) is 12.3 Å². The third kappa shape index (κ3) is 2.98. The van der Waals surface area contributed by atoms with Crippen molar-refractivity contribution < 1.29 is 9.59 Å². The highest BCUT2D eigenvalue weighted by Gasteiger charge is 2.24. The first kappa shape index (κ1) is 11.6. The van der Waals surface area contributed by atoms with Crippen LogP contribution in [0.25, 0.3) is 0 Å². The van der Waals surface area contributed by atoms with Gasteiger partial charge in [0.2, 0.25) is 11.8 Å². The van der Waals surface area contributed by atoms with Crippen molar-refractivity contribution in [3.8, 4) is 12.3 Å². The Balaban J connectivity index is 2.69. The maximum atomic E-state index is 11.7. The number of hydrogen-bond donors (Lipinski definition) is 1. The first-order chi connectivity index (χ1) is 7.19. The molecule has 1 aliphatic heterocycles. The molecule has 1 heterocycles. The first-order valence-electron chi connectivity index (χ1n) is 5.21. The lowest BCUT2D eigenvalue weighted by Crippen LogP contribution is -2.41. The van der Waals surface area contributed by atoms with Crippen molar-refractivity contribution in [1.82, 2.24) is 10.2 Å². The molecule has 4 nitrogen and oxygen atoms in total. The van der Waals surface area contributed by atoms with Crippen molar-refractivity contribution >= 4 is 11.8 Å². The van der Waals surface area contributed by atoms with Gasteiger partial charge in [-0.2, -0.15) is 0 Å². The number of hydrogen-bond acceptors (Lipinski definition) is 2. The molecule has 2 amide bonds. The Morgan fingerprint density at radius 1 is 1.60 bits per heavy atom. The fourth-order valence-corrected chi connectivity index (χ4v) is 1.64. The zero-order valence-corrected chi connectivity index (χ0v) is 8.95. The number of carbonyl (C=O) groups excluding carboxylic acids is 2. The molecule has 0 aromatic heterocycles. The predicted octanol–water partition coefficient (Wildman–Crippen LogP) is 0.137. The summed E-state index contributed by atoms with van der Waals surface area (Å²) in [6, 6.07) is -0.171. The van der Waals surface area contributed by atoms with Gasteiger partial charge in [0.25, 0.3) is 0 Å². The molecule has 0 spiro atoms. The van der Waals surface area contributed by atoms with Gasteiger partial charge in [-0.15, -0.1) is 6.42 Å². The minimum Gasteiger partial charge on any atom is -0.347 e. The largest absolute Gasteiger partial charge is 0.347 e. The van der Waals surface area contributed by atoms with E-state index in [0.717, 1.165) is 12.8 Å². The fraction of sp³-hybridized carbons (Fsp3) is 0.636. The van der Waals surface area contributed by atoms with Gasteiger partial charge in [0.05, 0.1) is 12.6 Å². The molecule has 1 aliphatic rings. The number of rotatable bonds is 3. The minimum atomic E-state index is -0.171. The van der Waals surface area contributed by atoms with E-state index in [9.17, 15) is 9.59 Å². The molecule has 1 saturated heterocycles. The lowest BCUT2D eigenvalue weighted by atomic mass is 10.1. The average Bonchev–Trinajstić information content (AvgIpc) is 2.39. The molecule has 1 rings (SSSR count). The third-order valence-electron chi connectivity index (χ3n) is 2.47. The maximum absolute atomic E-state index is 11.7. The average molecular weight is 208 g/mol. The topological polar surface area (TPSA) is 49.4 Å². The number of carbonyl (C=O) groups is 2. The minimum absolute atomic E-state index is 0.0702. The van der Waals surface area contributed by atoms with Crippen LogP contribution in [0.3, 0.4) is 0 Å². The van der Waals surface area contributed by atoms with E-state index in [2.05, 4.69) is 11.2 Å². The molecule has 0 aromatic carbocycles. The molecular weight excluding hydrogens is 192 g/mol. The normalized spacial score (nSPS) is 19.1. The SMILES string of the molecule is C#CC(CCC)N1CCC(=O)NCC1=O. The highest BCUT2D eigenvalue weighted by Crippen LogP contribution is 2.09. The smallest absolute Gasteiger partial charge is 0.242 e. The molecule has 15 heavy (non-hydrogen) atoms. The maximum Gasteiger partial charge on any atom is 0.242 e. The van der Waals surface area contributed by atoms with E-state index in [-0.39, 0.29) is 24.4 Å². The molecule has 0 aromatic rings. The molecule has 0 saturated carbocycles. The van der Waals surface area contributed by atoms with Crippen LogP contribution >= 0.6 is 0 Å². The van der Waals surface area contributed by atoms with Crippen LogP contribution in [0.1, 0.15) is 26.2 Å². The van der Waals surface area contributed by atoms with Crippen molar-refractivity contribution in [1.29, 1.82) is 0 Å². The summed E-state index contributed by atoms with van der Waals surface area (Å²) in [6.07, 6.45) is 7.45. The quantitative estimate of drug-likeness (QED) is 0.670. The van der Waals surface area contributed by atoms with Gasteiger partial charge in [0.1, 0.15) is 0 Å².